The number of hydrogen-bond donors (Lipinski definition) is 0. The first-order valence-corrected chi connectivity index (χ1v) is 8.79. The van der Waals surface area contributed by atoms with E-state index in [9.17, 15) is 9.59 Å². The molecule has 0 radical (unpaired) electrons. The number of rotatable bonds is 4. The van der Waals surface area contributed by atoms with Gasteiger partial charge in [-0.2, -0.15) is 0 Å². The van der Waals surface area contributed by atoms with Crippen molar-refractivity contribution in [2.24, 2.45) is 11.8 Å². The predicted molar refractivity (Wildman–Crippen MR) is 87.1 cm³/mol. The lowest BCUT2D eigenvalue weighted by Crippen LogP contribution is -2.51. The maximum absolute atomic E-state index is 12.4. The summed E-state index contributed by atoms with van der Waals surface area (Å²) in [6.45, 7) is 10.0. The number of morpholine rings is 1. The van der Waals surface area contributed by atoms with Crippen LogP contribution in [0.5, 0.6) is 0 Å². The van der Waals surface area contributed by atoms with Gasteiger partial charge in [-0.25, -0.2) is 4.79 Å². The van der Waals surface area contributed by atoms with Gasteiger partial charge in [0, 0.05) is 26.2 Å². The van der Waals surface area contributed by atoms with Crippen LogP contribution in [0.4, 0.5) is 4.79 Å². The Balaban J connectivity index is 1.74. The summed E-state index contributed by atoms with van der Waals surface area (Å²) < 4.78 is 10.8. The first-order chi connectivity index (χ1) is 11.0. The van der Waals surface area contributed by atoms with Crippen LogP contribution < -0.4 is 0 Å². The molecule has 2 aliphatic rings. The SMILES string of the molecule is CC(C)CC(C)OC(=O)C1CCN(C(=O)N2CCOCC2)CC1. The number of amides is 2. The zero-order valence-electron chi connectivity index (χ0n) is 14.6. The molecule has 23 heavy (non-hydrogen) atoms. The average Bonchev–Trinajstić information content (AvgIpc) is 2.54. The Morgan fingerprint density at radius 3 is 2.17 bits per heavy atom. The van der Waals surface area contributed by atoms with Gasteiger partial charge in [-0.15, -0.1) is 0 Å². The van der Waals surface area contributed by atoms with Crippen molar-refractivity contribution in [2.45, 2.75) is 46.1 Å². The van der Waals surface area contributed by atoms with Crippen LogP contribution in [0.3, 0.4) is 0 Å². The second kappa shape index (κ2) is 8.52. The lowest BCUT2D eigenvalue weighted by atomic mass is 9.97. The molecule has 1 unspecified atom stereocenters. The number of urea groups is 1. The minimum Gasteiger partial charge on any atom is -0.462 e. The predicted octanol–water partition coefficient (Wildman–Crippen LogP) is 2.13. The van der Waals surface area contributed by atoms with Crippen molar-refractivity contribution in [3.05, 3.63) is 0 Å². The second-order valence-corrected chi connectivity index (χ2v) is 7.02. The second-order valence-electron chi connectivity index (χ2n) is 7.02. The Morgan fingerprint density at radius 1 is 1.04 bits per heavy atom. The van der Waals surface area contributed by atoms with Gasteiger partial charge in [0.1, 0.15) is 0 Å². The molecule has 2 aliphatic heterocycles. The normalized spacial score (nSPS) is 21.4. The van der Waals surface area contributed by atoms with Gasteiger partial charge in [0.25, 0.3) is 0 Å². The Labute approximate surface area is 139 Å². The summed E-state index contributed by atoms with van der Waals surface area (Å²) in [6, 6.07) is 0.0771. The van der Waals surface area contributed by atoms with Crippen LogP contribution in [0.1, 0.15) is 40.0 Å². The fourth-order valence-electron chi connectivity index (χ4n) is 3.27. The van der Waals surface area contributed by atoms with Gasteiger partial charge in [0.15, 0.2) is 0 Å². The highest BCUT2D eigenvalue weighted by atomic mass is 16.5. The Hall–Kier alpha value is -1.30. The van der Waals surface area contributed by atoms with Gasteiger partial charge < -0.3 is 19.3 Å². The molecule has 6 nitrogen and oxygen atoms in total. The fraction of sp³-hybridized carbons (Fsp3) is 0.882. The van der Waals surface area contributed by atoms with Crippen molar-refractivity contribution >= 4 is 12.0 Å². The topological polar surface area (TPSA) is 59.1 Å². The lowest BCUT2D eigenvalue weighted by Gasteiger charge is -2.36. The van der Waals surface area contributed by atoms with Crippen LogP contribution >= 0.6 is 0 Å². The Morgan fingerprint density at radius 2 is 1.61 bits per heavy atom. The van der Waals surface area contributed by atoms with Gasteiger partial charge in [-0.05, 0) is 32.1 Å². The minimum absolute atomic E-state index is 0.0319. The molecule has 1 atom stereocenters. The molecule has 2 amide bonds. The van der Waals surface area contributed by atoms with Crippen LogP contribution in [-0.4, -0.2) is 67.3 Å². The Kier molecular flexibility index (Phi) is 6.69. The first-order valence-electron chi connectivity index (χ1n) is 8.79. The molecule has 0 saturated carbocycles. The zero-order chi connectivity index (χ0) is 16.8. The number of ether oxygens (including phenoxy) is 2. The minimum atomic E-state index is -0.100. The molecular weight excluding hydrogens is 296 g/mol. The van der Waals surface area contributed by atoms with E-state index in [4.69, 9.17) is 9.47 Å². The molecular formula is C17H30N2O4. The molecule has 0 aliphatic carbocycles. The summed E-state index contributed by atoms with van der Waals surface area (Å²) in [7, 11) is 0. The van der Waals surface area contributed by atoms with E-state index < -0.39 is 0 Å². The van der Waals surface area contributed by atoms with E-state index in [2.05, 4.69) is 13.8 Å². The largest absolute Gasteiger partial charge is 0.462 e. The van der Waals surface area contributed by atoms with E-state index in [0.717, 1.165) is 6.42 Å². The van der Waals surface area contributed by atoms with E-state index in [1.165, 1.54) is 0 Å². The third kappa shape index (κ3) is 5.37. The molecule has 0 aromatic rings. The van der Waals surface area contributed by atoms with E-state index in [-0.39, 0.29) is 24.0 Å². The van der Waals surface area contributed by atoms with Crippen molar-refractivity contribution in [3.8, 4) is 0 Å². The molecule has 2 fully saturated rings. The Bertz CT molecular complexity index is 399. The highest BCUT2D eigenvalue weighted by molar-refractivity contribution is 5.76. The summed E-state index contributed by atoms with van der Waals surface area (Å²) >= 11 is 0. The maximum Gasteiger partial charge on any atom is 0.320 e. The first kappa shape index (κ1) is 18.0. The third-order valence-corrected chi connectivity index (χ3v) is 4.50. The molecule has 132 valence electrons. The number of piperidine rings is 1. The monoisotopic (exact) mass is 326 g/mol. The highest BCUT2D eigenvalue weighted by Gasteiger charge is 2.31. The van der Waals surface area contributed by atoms with E-state index in [1.807, 2.05) is 16.7 Å². The molecule has 0 spiro atoms. The summed E-state index contributed by atoms with van der Waals surface area (Å²) in [5.74, 6) is 0.348. The molecule has 2 saturated heterocycles. The van der Waals surface area contributed by atoms with Crippen LogP contribution in [0.25, 0.3) is 0 Å². The van der Waals surface area contributed by atoms with E-state index in [0.29, 0.717) is 58.2 Å². The third-order valence-electron chi connectivity index (χ3n) is 4.50. The van der Waals surface area contributed by atoms with Crippen molar-refractivity contribution in [1.82, 2.24) is 9.80 Å². The molecule has 0 aromatic carbocycles. The molecule has 2 heterocycles. The van der Waals surface area contributed by atoms with Crippen molar-refractivity contribution in [3.63, 3.8) is 0 Å². The van der Waals surface area contributed by atoms with Gasteiger partial charge >= 0.3 is 12.0 Å². The van der Waals surface area contributed by atoms with Crippen LogP contribution in [0.2, 0.25) is 0 Å². The quantitative estimate of drug-likeness (QED) is 0.743. The number of nitrogens with zero attached hydrogens (tertiary/aromatic N) is 2. The number of carbonyl (C=O) groups is 2. The zero-order valence-corrected chi connectivity index (χ0v) is 14.6. The number of likely N-dealkylation sites (tertiary alicyclic amines) is 1. The van der Waals surface area contributed by atoms with Gasteiger partial charge in [0.05, 0.1) is 25.2 Å². The van der Waals surface area contributed by atoms with Gasteiger partial charge in [0.2, 0.25) is 0 Å². The molecule has 6 heteroatoms. The number of hydrogen-bond acceptors (Lipinski definition) is 4. The summed E-state index contributed by atoms with van der Waals surface area (Å²) in [5.41, 5.74) is 0. The molecule has 0 bridgehead atoms. The number of carbonyl (C=O) groups excluding carboxylic acids is 2. The summed E-state index contributed by atoms with van der Waals surface area (Å²) in [6.07, 6.45) is 2.25. The fourth-order valence-corrected chi connectivity index (χ4v) is 3.27. The van der Waals surface area contributed by atoms with Crippen molar-refractivity contribution < 1.29 is 19.1 Å². The van der Waals surface area contributed by atoms with Gasteiger partial charge in [-0.1, -0.05) is 13.8 Å². The van der Waals surface area contributed by atoms with E-state index >= 15 is 0 Å². The van der Waals surface area contributed by atoms with Crippen LogP contribution in [0, 0.1) is 11.8 Å². The maximum atomic E-state index is 12.4. The van der Waals surface area contributed by atoms with Gasteiger partial charge in [-0.3, -0.25) is 4.79 Å². The molecule has 2 rings (SSSR count). The van der Waals surface area contributed by atoms with Crippen molar-refractivity contribution in [2.75, 3.05) is 39.4 Å². The van der Waals surface area contributed by atoms with Crippen LogP contribution in [0.15, 0.2) is 0 Å². The molecule has 0 aromatic heterocycles. The number of esters is 1. The van der Waals surface area contributed by atoms with E-state index in [1.54, 1.807) is 0 Å². The van der Waals surface area contributed by atoms with Crippen LogP contribution in [-0.2, 0) is 14.3 Å². The summed E-state index contributed by atoms with van der Waals surface area (Å²) in [4.78, 5) is 28.3. The molecule has 0 N–H and O–H groups in total. The average molecular weight is 326 g/mol. The summed E-state index contributed by atoms with van der Waals surface area (Å²) in [5, 5.41) is 0. The lowest BCUT2D eigenvalue weighted by molar-refractivity contribution is -0.155. The van der Waals surface area contributed by atoms with Crippen molar-refractivity contribution in [1.29, 1.82) is 0 Å². The highest BCUT2D eigenvalue weighted by Crippen LogP contribution is 2.21. The smallest absolute Gasteiger partial charge is 0.320 e. The standard InChI is InChI=1S/C17H30N2O4/c1-13(2)12-14(3)23-16(20)15-4-6-18(7-5-15)17(21)19-8-10-22-11-9-19/h13-15H,4-12H2,1-3H3.